The molecule has 0 N–H and O–H groups in total. The number of nitrogens with zero attached hydrogens (tertiary/aromatic N) is 1. The van der Waals surface area contributed by atoms with Gasteiger partial charge in [0.25, 0.3) is 0 Å². The van der Waals surface area contributed by atoms with Crippen molar-refractivity contribution in [2.45, 2.75) is 59.6 Å². The lowest BCUT2D eigenvalue weighted by atomic mass is 10.0. The molecule has 1 aromatic carbocycles. The van der Waals surface area contributed by atoms with E-state index in [1.165, 1.54) is 17.7 Å². The van der Waals surface area contributed by atoms with E-state index in [9.17, 15) is 13.2 Å². The Morgan fingerprint density at radius 2 is 1.29 bits per heavy atom. The van der Waals surface area contributed by atoms with Gasteiger partial charge in [0.05, 0.1) is 5.56 Å². The first-order valence-electron chi connectivity index (χ1n) is 8.29. The molecule has 0 saturated heterocycles. The second-order valence-electron chi connectivity index (χ2n) is 5.71. The normalized spacial score (nSPS) is 10.6. The maximum absolute atomic E-state index is 12.2. The van der Waals surface area contributed by atoms with E-state index in [1.54, 1.807) is 6.07 Å². The highest BCUT2D eigenvalue weighted by Gasteiger charge is 2.30. The molecular weight excluding hydrogens is 311 g/mol. The van der Waals surface area contributed by atoms with Crippen LogP contribution in [0.2, 0.25) is 0 Å². The van der Waals surface area contributed by atoms with Gasteiger partial charge in [-0.15, -0.1) is 0 Å². The highest BCUT2D eigenvalue weighted by molar-refractivity contribution is 5.27. The van der Waals surface area contributed by atoms with Crippen molar-refractivity contribution in [3.63, 3.8) is 0 Å². The molecule has 0 amide bonds. The van der Waals surface area contributed by atoms with Gasteiger partial charge in [0.2, 0.25) is 0 Å². The predicted octanol–water partition coefficient (Wildman–Crippen LogP) is 7.06. The molecule has 0 unspecified atom stereocenters. The molecule has 0 fully saturated rings. The fourth-order valence-electron chi connectivity index (χ4n) is 1.82. The molecule has 0 aliphatic rings. The van der Waals surface area contributed by atoms with Crippen molar-refractivity contribution in [2.24, 2.45) is 0 Å². The highest BCUT2D eigenvalue weighted by Crippen LogP contribution is 2.30. The summed E-state index contributed by atoms with van der Waals surface area (Å²) in [6, 6.07) is 9.53. The molecule has 0 aliphatic carbocycles. The summed E-state index contributed by atoms with van der Waals surface area (Å²) in [6.07, 6.45) is -0.574. The Balaban J connectivity index is 0.000000420. The van der Waals surface area contributed by atoms with E-state index < -0.39 is 11.7 Å². The van der Waals surface area contributed by atoms with E-state index in [1.807, 2.05) is 52.2 Å². The summed E-state index contributed by atoms with van der Waals surface area (Å²) in [7, 11) is 0. The zero-order valence-electron chi connectivity index (χ0n) is 15.4. The number of hydrogen-bond acceptors (Lipinski definition) is 1. The van der Waals surface area contributed by atoms with Crippen molar-refractivity contribution in [1.82, 2.24) is 4.98 Å². The average molecular weight is 339 g/mol. The van der Waals surface area contributed by atoms with E-state index in [0.717, 1.165) is 11.6 Å². The van der Waals surface area contributed by atoms with Crippen molar-refractivity contribution in [3.05, 3.63) is 65.5 Å². The number of alkyl halides is 3. The summed E-state index contributed by atoms with van der Waals surface area (Å²) in [5.74, 6) is 0.746. The topological polar surface area (TPSA) is 12.9 Å². The Labute approximate surface area is 144 Å². The molecule has 1 heterocycles. The summed E-state index contributed by atoms with van der Waals surface area (Å²) < 4.78 is 36.7. The third-order valence-corrected chi connectivity index (χ3v) is 3.25. The summed E-state index contributed by atoms with van der Waals surface area (Å²) in [5, 5.41) is 0. The molecule has 2 rings (SSSR count). The number of rotatable bonds is 2. The molecule has 134 valence electrons. The standard InChI is InChI=1S/C10H11F3.C8H11N.C2H6/c1-7(2)8-4-3-5-9(6-8)10(11,12)13;1-7(2)8-3-5-9-6-4-8;1-2/h3-7H,1-2H3;3-7H,1-2H3;1-2H3. The Morgan fingerprint density at radius 3 is 1.67 bits per heavy atom. The van der Waals surface area contributed by atoms with Crippen LogP contribution in [0.5, 0.6) is 0 Å². The van der Waals surface area contributed by atoms with Crippen LogP contribution in [0.3, 0.4) is 0 Å². The first-order chi connectivity index (χ1) is 11.2. The molecule has 2 aromatic rings. The molecule has 0 radical (unpaired) electrons. The predicted molar refractivity (Wildman–Crippen MR) is 95.2 cm³/mol. The van der Waals surface area contributed by atoms with E-state index in [4.69, 9.17) is 0 Å². The molecule has 0 atom stereocenters. The van der Waals surface area contributed by atoms with Crippen molar-refractivity contribution < 1.29 is 13.2 Å². The van der Waals surface area contributed by atoms with Gasteiger partial charge in [-0.25, -0.2) is 0 Å². The van der Waals surface area contributed by atoms with E-state index in [-0.39, 0.29) is 5.92 Å². The Kier molecular flexibility index (Phi) is 10.0. The summed E-state index contributed by atoms with van der Waals surface area (Å²) in [5.41, 5.74) is 1.50. The van der Waals surface area contributed by atoms with Gasteiger partial charge in [-0.2, -0.15) is 13.2 Å². The van der Waals surface area contributed by atoms with Crippen molar-refractivity contribution in [1.29, 1.82) is 0 Å². The third kappa shape index (κ3) is 8.14. The van der Waals surface area contributed by atoms with Gasteiger partial charge >= 0.3 is 6.18 Å². The molecule has 0 bridgehead atoms. The van der Waals surface area contributed by atoms with Gasteiger partial charge in [-0.1, -0.05) is 59.7 Å². The van der Waals surface area contributed by atoms with Crippen molar-refractivity contribution in [3.8, 4) is 0 Å². The second-order valence-corrected chi connectivity index (χ2v) is 5.71. The van der Waals surface area contributed by atoms with Gasteiger partial charge in [-0.05, 0) is 41.2 Å². The van der Waals surface area contributed by atoms with E-state index in [2.05, 4.69) is 18.8 Å². The highest BCUT2D eigenvalue weighted by atomic mass is 19.4. The van der Waals surface area contributed by atoms with Crippen LogP contribution < -0.4 is 0 Å². The molecule has 0 saturated carbocycles. The Hall–Kier alpha value is -1.84. The van der Waals surface area contributed by atoms with Gasteiger partial charge in [-0.3, -0.25) is 4.98 Å². The summed E-state index contributed by atoms with van der Waals surface area (Å²) in [6.45, 7) is 12.1. The lowest BCUT2D eigenvalue weighted by Crippen LogP contribution is -2.05. The largest absolute Gasteiger partial charge is 0.416 e. The van der Waals surface area contributed by atoms with E-state index in [0.29, 0.717) is 5.92 Å². The Bertz CT molecular complexity index is 561. The lowest BCUT2D eigenvalue weighted by Gasteiger charge is -2.10. The zero-order valence-corrected chi connectivity index (χ0v) is 15.4. The Morgan fingerprint density at radius 1 is 0.792 bits per heavy atom. The van der Waals surface area contributed by atoms with Gasteiger partial charge in [0.1, 0.15) is 0 Å². The van der Waals surface area contributed by atoms with Crippen LogP contribution in [0, 0.1) is 0 Å². The van der Waals surface area contributed by atoms with Gasteiger partial charge < -0.3 is 0 Å². The van der Waals surface area contributed by atoms with Crippen LogP contribution in [0.15, 0.2) is 48.8 Å². The first kappa shape index (κ1) is 22.2. The SMILES string of the molecule is CC.CC(C)c1cccc(C(F)(F)F)c1.CC(C)c1ccncc1. The number of hydrogen-bond donors (Lipinski definition) is 0. The summed E-state index contributed by atoms with van der Waals surface area (Å²) >= 11 is 0. The molecule has 1 nitrogen and oxygen atoms in total. The number of aromatic nitrogens is 1. The number of halogens is 3. The number of benzene rings is 1. The average Bonchev–Trinajstić information content (AvgIpc) is 2.57. The monoisotopic (exact) mass is 339 g/mol. The van der Waals surface area contributed by atoms with Crippen LogP contribution in [0.4, 0.5) is 13.2 Å². The zero-order chi connectivity index (χ0) is 18.8. The maximum atomic E-state index is 12.2. The van der Waals surface area contributed by atoms with Crippen molar-refractivity contribution in [2.75, 3.05) is 0 Å². The molecule has 0 spiro atoms. The van der Waals surface area contributed by atoms with Gasteiger partial charge in [0, 0.05) is 12.4 Å². The van der Waals surface area contributed by atoms with E-state index >= 15 is 0 Å². The quantitative estimate of drug-likeness (QED) is 0.570. The first-order valence-corrected chi connectivity index (χ1v) is 8.29. The van der Waals surface area contributed by atoms with Gasteiger partial charge in [0.15, 0.2) is 0 Å². The van der Waals surface area contributed by atoms with Crippen LogP contribution >= 0.6 is 0 Å². The minimum absolute atomic E-state index is 0.127. The minimum atomic E-state index is -4.23. The summed E-state index contributed by atoms with van der Waals surface area (Å²) in [4.78, 5) is 3.93. The van der Waals surface area contributed by atoms with Crippen LogP contribution in [0.25, 0.3) is 0 Å². The number of pyridine rings is 1. The fourth-order valence-corrected chi connectivity index (χ4v) is 1.82. The molecular formula is C20H28F3N. The molecule has 24 heavy (non-hydrogen) atoms. The van der Waals surface area contributed by atoms with Crippen LogP contribution in [-0.4, -0.2) is 4.98 Å². The maximum Gasteiger partial charge on any atom is 0.416 e. The lowest BCUT2D eigenvalue weighted by molar-refractivity contribution is -0.137. The van der Waals surface area contributed by atoms with Crippen LogP contribution in [0.1, 0.15) is 70.1 Å². The molecule has 0 aliphatic heterocycles. The smallest absolute Gasteiger partial charge is 0.265 e. The third-order valence-electron chi connectivity index (χ3n) is 3.25. The van der Waals surface area contributed by atoms with Crippen molar-refractivity contribution >= 4 is 0 Å². The minimum Gasteiger partial charge on any atom is -0.265 e. The second kappa shape index (κ2) is 10.8. The van der Waals surface area contributed by atoms with Crippen LogP contribution in [-0.2, 0) is 6.18 Å². The molecule has 1 aromatic heterocycles. The molecule has 4 heteroatoms. The fraction of sp³-hybridized carbons (Fsp3) is 0.450.